The number of rotatable bonds is 3. The molecule has 0 aliphatic rings. The average Bonchev–Trinajstić information content (AvgIpc) is 2.40. The highest BCUT2D eigenvalue weighted by Gasteiger charge is 2.11. The van der Waals surface area contributed by atoms with Crippen molar-refractivity contribution in [1.29, 1.82) is 5.26 Å². The monoisotopic (exact) mass is 293 g/mol. The molecule has 0 aromatic heterocycles. The number of halogens is 3. The lowest BCUT2D eigenvalue weighted by Gasteiger charge is -2.13. The van der Waals surface area contributed by atoms with Gasteiger partial charge in [0.1, 0.15) is 11.9 Å². The van der Waals surface area contributed by atoms with Gasteiger partial charge in [-0.2, -0.15) is 5.26 Å². The van der Waals surface area contributed by atoms with E-state index in [4.69, 9.17) is 23.2 Å². The molecule has 2 aromatic carbocycles. The maximum absolute atomic E-state index is 13.0. The van der Waals surface area contributed by atoms with Gasteiger partial charge in [-0.15, -0.1) is 0 Å². The fourth-order valence-corrected chi connectivity index (χ4v) is 1.92. The molecule has 1 N–H and O–H groups in total. The van der Waals surface area contributed by atoms with Crippen molar-refractivity contribution in [1.82, 2.24) is 0 Å². The van der Waals surface area contributed by atoms with Crippen LogP contribution >= 0.6 is 23.2 Å². The first-order valence-electron chi connectivity index (χ1n) is 5.38. The van der Waals surface area contributed by atoms with E-state index in [1.807, 2.05) is 0 Å². The maximum Gasteiger partial charge on any atom is 0.141 e. The van der Waals surface area contributed by atoms with E-state index in [0.717, 1.165) is 0 Å². The second-order valence-corrected chi connectivity index (χ2v) is 4.64. The lowest BCUT2D eigenvalue weighted by molar-refractivity contribution is 0.628. The molecule has 0 spiro atoms. The van der Waals surface area contributed by atoms with Crippen LogP contribution in [0.15, 0.2) is 36.4 Å². The fourth-order valence-electron chi connectivity index (χ4n) is 1.55. The summed E-state index contributed by atoms with van der Waals surface area (Å²) < 4.78 is 13.0. The third kappa shape index (κ3) is 3.37. The van der Waals surface area contributed by atoms with Crippen LogP contribution in [0.4, 0.5) is 10.1 Å². The van der Waals surface area contributed by atoms with Crippen molar-refractivity contribution in [3.63, 3.8) is 0 Å². The van der Waals surface area contributed by atoms with E-state index in [1.54, 1.807) is 18.2 Å². The largest absolute Gasteiger partial charge is 0.366 e. The molecule has 1 atom stereocenters. The van der Waals surface area contributed by atoms with Gasteiger partial charge in [0.2, 0.25) is 0 Å². The number of hydrogen-bond donors (Lipinski definition) is 1. The molecule has 0 saturated carbocycles. The second kappa shape index (κ2) is 5.92. The molecular formula is C14H8Cl2FN2. The summed E-state index contributed by atoms with van der Waals surface area (Å²) in [6.45, 7) is 0. The second-order valence-electron chi connectivity index (χ2n) is 3.80. The van der Waals surface area contributed by atoms with Gasteiger partial charge in [0.05, 0.1) is 11.1 Å². The molecule has 1 radical (unpaired) electrons. The van der Waals surface area contributed by atoms with Crippen LogP contribution in [0.1, 0.15) is 11.6 Å². The van der Waals surface area contributed by atoms with Gasteiger partial charge in [-0.3, -0.25) is 0 Å². The lowest BCUT2D eigenvalue weighted by atomic mass is 10.1. The Morgan fingerprint density at radius 3 is 2.68 bits per heavy atom. The number of anilines is 1. The minimum atomic E-state index is -0.639. The van der Waals surface area contributed by atoms with Crippen LogP contribution in [-0.4, -0.2) is 0 Å². The summed E-state index contributed by atoms with van der Waals surface area (Å²) in [5, 5.41) is 12.6. The van der Waals surface area contributed by atoms with Crippen LogP contribution in [0.5, 0.6) is 0 Å². The minimum Gasteiger partial charge on any atom is -0.366 e. The molecule has 95 valence electrons. The topological polar surface area (TPSA) is 35.8 Å². The van der Waals surface area contributed by atoms with E-state index in [2.05, 4.69) is 17.5 Å². The van der Waals surface area contributed by atoms with Crippen molar-refractivity contribution in [2.24, 2.45) is 0 Å². The molecule has 0 aliphatic carbocycles. The summed E-state index contributed by atoms with van der Waals surface area (Å²) in [6.07, 6.45) is 0. The summed E-state index contributed by atoms with van der Waals surface area (Å²) in [5.74, 6) is -0.505. The van der Waals surface area contributed by atoms with Gasteiger partial charge in [-0.05, 0) is 42.0 Å². The van der Waals surface area contributed by atoms with Crippen LogP contribution < -0.4 is 5.32 Å². The first kappa shape index (κ1) is 13.7. The third-order valence-electron chi connectivity index (χ3n) is 2.46. The maximum atomic E-state index is 13.0. The summed E-state index contributed by atoms with van der Waals surface area (Å²) in [7, 11) is 0. The molecule has 1 unspecified atom stereocenters. The van der Waals surface area contributed by atoms with E-state index in [1.165, 1.54) is 18.2 Å². The Hall–Kier alpha value is -1.76. The van der Waals surface area contributed by atoms with Gasteiger partial charge in [0, 0.05) is 10.7 Å². The molecule has 0 amide bonds. The first-order valence-corrected chi connectivity index (χ1v) is 6.14. The highest BCUT2D eigenvalue weighted by Crippen LogP contribution is 2.24. The van der Waals surface area contributed by atoms with Crippen LogP contribution in [0.3, 0.4) is 0 Å². The molecule has 2 aromatic rings. The van der Waals surface area contributed by atoms with Crippen molar-refractivity contribution < 1.29 is 4.39 Å². The summed E-state index contributed by atoms with van der Waals surface area (Å²) in [5.41, 5.74) is 1.15. The normalized spacial score (nSPS) is 11.7. The standard InChI is InChI=1S/C14H8Cl2FN2/c15-10-3-1-2-9(6-10)14(8-18)19-11-4-5-13(17)12(16)7-11/h1,3-7,14,19H. The molecule has 2 rings (SSSR count). The highest BCUT2D eigenvalue weighted by atomic mass is 35.5. The van der Waals surface area contributed by atoms with E-state index in [0.29, 0.717) is 16.3 Å². The zero-order chi connectivity index (χ0) is 13.8. The lowest BCUT2D eigenvalue weighted by Crippen LogP contribution is -2.08. The van der Waals surface area contributed by atoms with Crippen molar-refractivity contribution in [2.75, 3.05) is 5.32 Å². The fraction of sp³-hybridized carbons (Fsp3) is 0.0714. The third-order valence-corrected chi connectivity index (χ3v) is 2.98. The quantitative estimate of drug-likeness (QED) is 0.897. The predicted octanol–water partition coefficient (Wildman–Crippen LogP) is 4.61. The Bertz CT molecular complexity index is 638. The van der Waals surface area contributed by atoms with Gasteiger partial charge in [0.25, 0.3) is 0 Å². The van der Waals surface area contributed by atoms with Gasteiger partial charge >= 0.3 is 0 Å². The molecule has 0 saturated heterocycles. The highest BCUT2D eigenvalue weighted by molar-refractivity contribution is 6.31. The van der Waals surface area contributed by atoms with Crippen molar-refractivity contribution in [2.45, 2.75) is 6.04 Å². The Balaban J connectivity index is 2.24. The van der Waals surface area contributed by atoms with Gasteiger partial charge in [-0.25, -0.2) is 4.39 Å². The molecule has 0 bridgehead atoms. The van der Waals surface area contributed by atoms with Crippen molar-refractivity contribution >= 4 is 28.9 Å². The van der Waals surface area contributed by atoms with Crippen molar-refractivity contribution in [3.8, 4) is 6.07 Å². The first-order chi connectivity index (χ1) is 9.10. The van der Waals surface area contributed by atoms with E-state index in [-0.39, 0.29) is 5.02 Å². The molecule has 0 aliphatic heterocycles. The van der Waals surface area contributed by atoms with Crippen LogP contribution in [-0.2, 0) is 0 Å². The van der Waals surface area contributed by atoms with Gasteiger partial charge in [-0.1, -0.05) is 29.3 Å². The summed E-state index contributed by atoms with van der Waals surface area (Å²) in [4.78, 5) is 0. The molecule has 0 heterocycles. The van der Waals surface area contributed by atoms with E-state index < -0.39 is 11.9 Å². The Kier molecular flexibility index (Phi) is 4.26. The molecule has 2 nitrogen and oxygen atoms in total. The van der Waals surface area contributed by atoms with E-state index >= 15 is 0 Å². The predicted molar refractivity (Wildman–Crippen MR) is 73.7 cm³/mol. The number of nitriles is 1. The van der Waals surface area contributed by atoms with Crippen LogP contribution in [0.2, 0.25) is 10.0 Å². The average molecular weight is 294 g/mol. The minimum absolute atomic E-state index is 0.00300. The zero-order valence-electron chi connectivity index (χ0n) is 9.62. The Morgan fingerprint density at radius 1 is 1.26 bits per heavy atom. The molecule has 0 fully saturated rings. The Labute approximate surface area is 120 Å². The number of nitrogens with zero attached hydrogens (tertiary/aromatic N) is 1. The Morgan fingerprint density at radius 2 is 2.05 bits per heavy atom. The van der Waals surface area contributed by atoms with Gasteiger partial charge in [0.15, 0.2) is 0 Å². The number of benzene rings is 2. The molecular weight excluding hydrogens is 286 g/mol. The smallest absolute Gasteiger partial charge is 0.141 e. The SMILES string of the molecule is N#CC(Nc1ccc(F)c(Cl)c1)c1[c]ccc(Cl)c1. The molecule has 19 heavy (non-hydrogen) atoms. The van der Waals surface area contributed by atoms with Gasteiger partial charge < -0.3 is 5.32 Å². The van der Waals surface area contributed by atoms with Crippen LogP contribution in [0, 0.1) is 23.2 Å². The van der Waals surface area contributed by atoms with Crippen LogP contribution in [0.25, 0.3) is 0 Å². The summed E-state index contributed by atoms with van der Waals surface area (Å²) in [6, 6.07) is 13.5. The zero-order valence-corrected chi connectivity index (χ0v) is 11.1. The summed E-state index contributed by atoms with van der Waals surface area (Å²) >= 11 is 11.6. The molecule has 5 heteroatoms. The van der Waals surface area contributed by atoms with E-state index in [9.17, 15) is 9.65 Å². The number of nitrogens with one attached hydrogen (secondary N) is 1. The number of hydrogen-bond acceptors (Lipinski definition) is 2. The van der Waals surface area contributed by atoms with Crippen molar-refractivity contribution in [3.05, 3.63) is 63.9 Å².